The van der Waals surface area contributed by atoms with Crippen LogP contribution in [0, 0.1) is 0 Å². The van der Waals surface area contributed by atoms with Crippen LogP contribution in [0.3, 0.4) is 0 Å². The zero-order valence-electron chi connectivity index (χ0n) is 18.5. The van der Waals surface area contributed by atoms with E-state index in [4.69, 9.17) is 27.9 Å². The van der Waals surface area contributed by atoms with E-state index in [1.807, 2.05) is 38.1 Å². The number of amides is 2. The molecule has 0 aromatic heterocycles. The van der Waals surface area contributed by atoms with Crippen molar-refractivity contribution in [3.63, 3.8) is 0 Å². The van der Waals surface area contributed by atoms with E-state index >= 15 is 0 Å². The molecule has 0 aliphatic heterocycles. The minimum Gasteiger partial charge on any atom is -0.484 e. The van der Waals surface area contributed by atoms with Crippen molar-refractivity contribution >= 4 is 35.0 Å². The van der Waals surface area contributed by atoms with Crippen molar-refractivity contribution in [1.29, 1.82) is 0 Å². The molecule has 0 aliphatic carbocycles. The number of nitrogens with one attached hydrogen (secondary N) is 1. The number of rotatable bonds is 10. The van der Waals surface area contributed by atoms with E-state index < -0.39 is 6.04 Å². The van der Waals surface area contributed by atoms with Crippen molar-refractivity contribution in [1.82, 2.24) is 10.2 Å². The maximum atomic E-state index is 13.1. The molecule has 5 nitrogen and oxygen atoms in total. The van der Waals surface area contributed by atoms with E-state index in [1.165, 1.54) is 10.5 Å². The lowest BCUT2D eigenvalue weighted by molar-refractivity contribution is -0.142. The molecule has 2 amide bonds. The zero-order chi connectivity index (χ0) is 23.0. The van der Waals surface area contributed by atoms with Gasteiger partial charge in [0.05, 0.1) is 0 Å². The van der Waals surface area contributed by atoms with Crippen LogP contribution in [0.15, 0.2) is 42.5 Å². The van der Waals surface area contributed by atoms with Crippen LogP contribution in [0.4, 0.5) is 0 Å². The highest BCUT2D eigenvalue weighted by atomic mass is 35.5. The number of carbonyl (C=O) groups excluding carboxylic acids is 2. The summed E-state index contributed by atoms with van der Waals surface area (Å²) in [5.41, 5.74) is 1.91. The maximum Gasteiger partial charge on any atom is 0.261 e. The molecule has 2 aromatic rings. The van der Waals surface area contributed by atoms with Crippen LogP contribution in [0.1, 0.15) is 51.2 Å². The van der Waals surface area contributed by atoms with Crippen molar-refractivity contribution in [2.75, 3.05) is 13.2 Å². The van der Waals surface area contributed by atoms with E-state index in [2.05, 4.69) is 19.2 Å². The van der Waals surface area contributed by atoms with E-state index in [-0.39, 0.29) is 25.0 Å². The average Bonchev–Trinajstić information content (AvgIpc) is 2.73. The van der Waals surface area contributed by atoms with Gasteiger partial charge in [-0.05, 0) is 54.7 Å². The highest BCUT2D eigenvalue weighted by Crippen LogP contribution is 2.24. The summed E-state index contributed by atoms with van der Waals surface area (Å²) in [6, 6.07) is 12.1. The first kappa shape index (κ1) is 25.0. The number of carbonyl (C=O) groups is 2. The number of likely N-dealkylation sites (N-methyl/N-ethyl adjacent to an activating group) is 1. The van der Waals surface area contributed by atoms with Gasteiger partial charge in [-0.3, -0.25) is 9.59 Å². The predicted octanol–water partition coefficient (Wildman–Crippen LogP) is 5.44. The number of nitrogens with zero attached hydrogens (tertiary/aromatic N) is 1. The first-order valence-electron chi connectivity index (χ1n) is 10.5. The van der Waals surface area contributed by atoms with Gasteiger partial charge in [-0.15, -0.1) is 0 Å². The molecule has 0 heterocycles. The lowest BCUT2D eigenvalue weighted by Gasteiger charge is -2.30. The van der Waals surface area contributed by atoms with Gasteiger partial charge in [0.1, 0.15) is 11.8 Å². The third-order valence-corrected chi connectivity index (χ3v) is 5.59. The van der Waals surface area contributed by atoms with Gasteiger partial charge in [-0.2, -0.15) is 0 Å². The molecule has 1 unspecified atom stereocenters. The molecule has 2 aromatic carbocycles. The monoisotopic (exact) mass is 464 g/mol. The Morgan fingerprint density at radius 1 is 1.06 bits per heavy atom. The molecule has 0 radical (unpaired) electrons. The van der Waals surface area contributed by atoms with Crippen molar-refractivity contribution in [2.24, 2.45) is 0 Å². The summed E-state index contributed by atoms with van der Waals surface area (Å²) in [7, 11) is 0. The van der Waals surface area contributed by atoms with Crippen LogP contribution in [0.2, 0.25) is 10.0 Å². The fourth-order valence-corrected chi connectivity index (χ4v) is 3.69. The quantitative estimate of drug-likeness (QED) is 0.509. The standard InChI is InChI=1S/C24H30Cl2N2O3/c1-5-22(24(30)27-6-2)28(14-18-7-10-19(25)13-21(18)26)23(29)15-31-20-11-8-17(9-12-20)16(3)4/h7-13,16,22H,5-6,14-15H2,1-4H3,(H,27,30). The molecular weight excluding hydrogens is 435 g/mol. The molecule has 2 rings (SSSR count). The van der Waals surface area contributed by atoms with Gasteiger partial charge in [0.25, 0.3) is 5.91 Å². The Labute approximate surface area is 194 Å². The van der Waals surface area contributed by atoms with Crippen molar-refractivity contribution in [2.45, 2.75) is 52.6 Å². The Bertz CT molecular complexity index is 885. The van der Waals surface area contributed by atoms with Gasteiger partial charge in [-0.1, -0.05) is 62.2 Å². The Morgan fingerprint density at radius 2 is 1.74 bits per heavy atom. The molecule has 0 aliphatic rings. The highest BCUT2D eigenvalue weighted by molar-refractivity contribution is 6.35. The van der Waals surface area contributed by atoms with Gasteiger partial charge in [0.2, 0.25) is 5.91 Å². The summed E-state index contributed by atoms with van der Waals surface area (Å²) in [5.74, 6) is 0.521. The molecular formula is C24H30Cl2N2O3. The summed E-state index contributed by atoms with van der Waals surface area (Å²) in [6.45, 7) is 8.43. The minimum absolute atomic E-state index is 0.178. The Morgan fingerprint density at radius 3 is 2.29 bits per heavy atom. The smallest absolute Gasteiger partial charge is 0.261 e. The molecule has 7 heteroatoms. The third kappa shape index (κ3) is 7.15. The van der Waals surface area contributed by atoms with E-state index in [1.54, 1.807) is 18.2 Å². The SMILES string of the molecule is CCNC(=O)C(CC)N(Cc1ccc(Cl)cc1Cl)C(=O)COc1ccc(C(C)C)cc1. The second kappa shape index (κ2) is 12.0. The minimum atomic E-state index is -0.633. The molecule has 0 saturated carbocycles. The topological polar surface area (TPSA) is 58.6 Å². The van der Waals surface area contributed by atoms with Crippen LogP contribution < -0.4 is 10.1 Å². The van der Waals surface area contributed by atoms with E-state index in [0.29, 0.717) is 40.2 Å². The normalized spacial score (nSPS) is 11.8. The summed E-state index contributed by atoms with van der Waals surface area (Å²) < 4.78 is 5.73. The van der Waals surface area contributed by atoms with Crippen LogP contribution >= 0.6 is 23.2 Å². The summed E-state index contributed by atoms with van der Waals surface area (Å²) in [6.07, 6.45) is 0.464. The Kier molecular flexibility index (Phi) is 9.66. The van der Waals surface area contributed by atoms with Gasteiger partial charge < -0.3 is 15.0 Å². The fraction of sp³-hybridized carbons (Fsp3) is 0.417. The van der Waals surface area contributed by atoms with Crippen LogP contribution in [0.25, 0.3) is 0 Å². The lowest BCUT2D eigenvalue weighted by atomic mass is 10.0. The Hall–Kier alpha value is -2.24. The summed E-state index contributed by atoms with van der Waals surface area (Å²) >= 11 is 12.3. The molecule has 0 bridgehead atoms. The second-order valence-corrected chi connectivity index (χ2v) is 8.43. The van der Waals surface area contributed by atoms with Crippen LogP contribution in [-0.2, 0) is 16.1 Å². The van der Waals surface area contributed by atoms with Crippen LogP contribution in [0.5, 0.6) is 5.75 Å². The molecule has 0 spiro atoms. The van der Waals surface area contributed by atoms with Crippen molar-refractivity contribution in [3.05, 3.63) is 63.6 Å². The van der Waals surface area contributed by atoms with Crippen molar-refractivity contribution < 1.29 is 14.3 Å². The largest absolute Gasteiger partial charge is 0.484 e. The van der Waals surface area contributed by atoms with Gasteiger partial charge in [0, 0.05) is 23.1 Å². The number of hydrogen-bond acceptors (Lipinski definition) is 3. The average molecular weight is 465 g/mol. The zero-order valence-corrected chi connectivity index (χ0v) is 20.0. The molecule has 0 saturated heterocycles. The predicted molar refractivity (Wildman–Crippen MR) is 126 cm³/mol. The molecule has 168 valence electrons. The number of ether oxygens (including phenoxy) is 1. The first-order valence-corrected chi connectivity index (χ1v) is 11.3. The third-order valence-electron chi connectivity index (χ3n) is 5.00. The fourth-order valence-electron chi connectivity index (χ4n) is 3.22. The highest BCUT2D eigenvalue weighted by Gasteiger charge is 2.29. The van der Waals surface area contributed by atoms with Crippen LogP contribution in [-0.4, -0.2) is 35.9 Å². The number of hydrogen-bond donors (Lipinski definition) is 1. The van der Waals surface area contributed by atoms with E-state index in [9.17, 15) is 9.59 Å². The van der Waals surface area contributed by atoms with E-state index in [0.717, 1.165) is 0 Å². The second-order valence-electron chi connectivity index (χ2n) is 7.59. The number of halogens is 2. The van der Waals surface area contributed by atoms with Crippen molar-refractivity contribution in [3.8, 4) is 5.75 Å². The summed E-state index contributed by atoms with van der Waals surface area (Å²) in [5, 5.41) is 3.76. The summed E-state index contributed by atoms with van der Waals surface area (Å²) in [4.78, 5) is 27.3. The lowest BCUT2D eigenvalue weighted by Crippen LogP contribution is -2.50. The molecule has 31 heavy (non-hydrogen) atoms. The molecule has 0 fully saturated rings. The van der Waals surface area contributed by atoms with Gasteiger partial charge >= 0.3 is 0 Å². The molecule has 1 N–H and O–H groups in total. The van der Waals surface area contributed by atoms with Gasteiger partial charge in [0.15, 0.2) is 6.61 Å². The maximum absolute atomic E-state index is 13.1. The number of benzene rings is 2. The Balaban J connectivity index is 2.20. The van der Waals surface area contributed by atoms with Gasteiger partial charge in [-0.25, -0.2) is 0 Å². The molecule has 1 atom stereocenters. The first-order chi connectivity index (χ1) is 14.8.